The van der Waals surface area contributed by atoms with Crippen molar-refractivity contribution in [3.05, 3.63) is 35.4 Å². The van der Waals surface area contributed by atoms with Gasteiger partial charge in [-0.2, -0.15) is 0 Å². The minimum atomic E-state index is -0.130. The van der Waals surface area contributed by atoms with Crippen LogP contribution in [0, 0.1) is 11.8 Å². The van der Waals surface area contributed by atoms with Crippen LogP contribution in [0.25, 0.3) is 0 Å². The van der Waals surface area contributed by atoms with Gasteiger partial charge in [0.1, 0.15) is 0 Å². The van der Waals surface area contributed by atoms with E-state index in [0.717, 1.165) is 38.7 Å². The zero-order chi connectivity index (χ0) is 20.5. The van der Waals surface area contributed by atoms with Gasteiger partial charge in [0, 0.05) is 26.2 Å². The Morgan fingerprint density at radius 3 is 2.61 bits per heavy atom. The summed E-state index contributed by atoms with van der Waals surface area (Å²) < 4.78 is 4.96. The Hall–Kier alpha value is -2.08. The molecule has 1 aromatic carbocycles. The maximum Gasteiger partial charge on any atom is 0.310 e. The summed E-state index contributed by atoms with van der Waals surface area (Å²) in [5.74, 6) is 0.907. The fraction of sp³-hybridized carbons (Fsp3) is 0.636. The number of nitrogens with zero attached hydrogens (tertiary/aromatic N) is 3. The normalized spacial score (nSPS) is 19.9. The number of guanidine groups is 1. The lowest BCUT2D eigenvalue weighted by molar-refractivity contribution is -0.145. The first-order valence-corrected chi connectivity index (χ1v) is 10.4. The van der Waals surface area contributed by atoms with E-state index in [1.165, 1.54) is 18.2 Å². The molecule has 1 fully saturated rings. The van der Waals surface area contributed by atoms with Crippen molar-refractivity contribution in [2.45, 2.75) is 40.8 Å². The highest BCUT2D eigenvalue weighted by Gasteiger charge is 2.36. The van der Waals surface area contributed by atoms with Gasteiger partial charge < -0.3 is 15.0 Å². The minimum Gasteiger partial charge on any atom is -0.469 e. The highest BCUT2D eigenvalue weighted by molar-refractivity contribution is 5.82. The molecule has 1 aliphatic heterocycles. The smallest absolute Gasteiger partial charge is 0.310 e. The van der Waals surface area contributed by atoms with Gasteiger partial charge in [0.15, 0.2) is 5.96 Å². The number of rotatable bonds is 8. The van der Waals surface area contributed by atoms with Gasteiger partial charge in [-0.25, -0.2) is 4.99 Å². The Kier molecular flexibility index (Phi) is 8.77. The summed E-state index contributed by atoms with van der Waals surface area (Å²) in [5, 5.41) is 3.37. The summed E-state index contributed by atoms with van der Waals surface area (Å²) in [6.07, 6.45) is 0. The topological polar surface area (TPSA) is 57.2 Å². The number of nitrogens with one attached hydrogen (secondary N) is 1. The number of carbonyl (C=O) groups excluding carboxylic acids is 1. The summed E-state index contributed by atoms with van der Waals surface area (Å²) in [7, 11) is 1.46. The summed E-state index contributed by atoms with van der Waals surface area (Å²) in [4.78, 5) is 21.4. The van der Waals surface area contributed by atoms with Crippen LogP contribution in [-0.4, -0.2) is 61.6 Å². The van der Waals surface area contributed by atoms with Crippen molar-refractivity contribution in [1.82, 2.24) is 15.1 Å². The second kappa shape index (κ2) is 11.1. The fourth-order valence-electron chi connectivity index (χ4n) is 3.72. The molecule has 0 bridgehead atoms. The van der Waals surface area contributed by atoms with Gasteiger partial charge in [-0.15, -0.1) is 0 Å². The maximum atomic E-state index is 12.0. The summed E-state index contributed by atoms with van der Waals surface area (Å²) in [5.41, 5.74) is 2.53. The number of aliphatic imine (C=N–C) groups is 1. The largest absolute Gasteiger partial charge is 0.469 e. The number of hydrogen-bond acceptors (Lipinski definition) is 4. The van der Waals surface area contributed by atoms with Gasteiger partial charge in [0.2, 0.25) is 0 Å². The summed E-state index contributed by atoms with van der Waals surface area (Å²) in [6, 6.07) is 8.67. The van der Waals surface area contributed by atoms with E-state index in [1.54, 1.807) is 0 Å². The van der Waals surface area contributed by atoms with Crippen LogP contribution < -0.4 is 5.32 Å². The first-order chi connectivity index (χ1) is 13.5. The molecule has 1 saturated heterocycles. The molecule has 0 aromatic heterocycles. The standard InChI is InChI=1S/C22H36N4O2/c1-6-23-22(26-14-17(4)20(16-26)21(27)28-5)24-13-18-10-9-11-19(12-18)15-25(7-2)8-3/h9-12,17,20H,6-8,13-16H2,1-5H3,(H,23,24). The third kappa shape index (κ3) is 5.96. The van der Waals surface area contributed by atoms with Gasteiger partial charge in [-0.1, -0.05) is 45.0 Å². The molecule has 2 rings (SSSR count). The Bertz CT molecular complexity index is 658. The van der Waals surface area contributed by atoms with Crippen molar-refractivity contribution < 1.29 is 9.53 Å². The summed E-state index contributed by atoms with van der Waals surface area (Å²) >= 11 is 0. The lowest BCUT2D eigenvalue weighted by atomic mass is 9.99. The molecule has 1 N–H and O–H groups in total. The Morgan fingerprint density at radius 2 is 1.96 bits per heavy atom. The van der Waals surface area contributed by atoms with Crippen LogP contribution in [0.5, 0.6) is 0 Å². The fourth-order valence-corrected chi connectivity index (χ4v) is 3.72. The highest BCUT2D eigenvalue weighted by Crippen LogP contribution is 2.24. The van der Waals surface area contributed by atoms with Crippen molar-refractivity contribution in [2.75, 3.05) is 39.8 Å². The van der Waals surface area contributed by atoms with E-state index < -0.39 is 0 Å². The van der Waals surface area contributed by atoms with E-state index in [0.29, 0.717) is 13.1 Å². The average Bonchev–Trinajstić information content (AvgIpc) is 3.10. The van der Waals surface area contributed by atoms with Crippen LogP contribution >= 0.6 is 0 Å². The Morgan fingerprint density at radius 1 is 1.25 bits per heavy atom. The molecule has 1 aliphatic rings. The first kappa shape index (κ1) is 22.2. The second-order valence-corrected chi connectivity index (χ2v) is 7.46. The lowest BCUT2D eigenvalue weighted by Crippen LogP contribution is -2.40. The molecule has 6 nitrogen and oxygen atoms in total. The zero-order valence-electron chi connectivity index (χ0n) is 18.1. The van der Waals surface area contributed by atoms with E-state index in [2.05, 4.69) is 67.1 Å². The van der Waals surface area contributed by atoms with E-state index in [1.807, 2.05) is 0 Å². The molecule has 6 heteroatoms. The molecule has 156 valence electrons. The number of methoxy groups -OCH3 is 1. The van der Waals surface area contributed by atoms with Gasteiger partial charge in [0.05, 0.1) is 19.6 Å². The summed E-state index contributed by atoms with van der Waals surface area (Å²) in [6.45, 7) is 14.5. The number of likely N-dealkylation sites (tertiary alicyclic amines) is 1. The highest BCUT2D eigenvalue weighted by atomic mass is 16.5. The molecule has 1 heterocycles. The lowest BCUT2D eigenvalue weighted by Gasteiger charge is -2.21. The predicted molar refractivity (Wildman–Crippen MR) is 114 cm³/mol. The van der Waals surface area contributed by atoms with Crippen molar-refractivity contribution >= 4 is 11.9 Å². The molecule has 1 aromatic rings. The van der Waals surface area contributed by atoms with Crippen LogP contribution in [0.1, 0.15) is 38.8 Å². The predicted octanol–water partition coefficient (Wildman–Crippen LogP) is 2.73. The van der Waals surface area contributed by atoms with E-state index in [9.17, 15) is 4.79 Å². The molecular weight excluding hydrogens is 352 g/mol. The molecule has 2 unspecified atom stereocenters. The molecule has 2 atom stereocenters. The van der Waals surface area contributed by atoms with Crippen LogP contribution in [0.3, 0.4) is 0 Å². The average molecular weight is 389 g/mol. The quantitative estimate of drug-likeness (QED) is 0.422. The Balaban J connectivity index is 2.08. The van der Waals surface area contributed by atoms with Gasteiger partial charge in [0.25, 0.3) is 0 Å². The van der Waals surface area contributed by atoms with Gasteiger partial charge >= 0.3 is 5.97 Å². The molecule has 0 spiro atoms. The van der Waals surface area contributed by atoms with Crippen LogP contribution in [-0.2, 0) is 22.6 Å². The third-order valence-corrected chi connectivity index (χ3v) is 5.45. The first-order valence-electron chi connectivity index (χ1n) is 10.4. The van der Waals surface area contributed by atoms with Gasteiger partial charge in [-0.3, -0.25) is 9.69 Å². The van der Waals surface area contributed by atoms with Crippen molar-refractivity contribution in [1.29, 1.82) is 0 Å². The number of carbonyl (C=O) groups is 1. The van der Waals surface area contributed by atoms with Crippen molar-refractivity contribution in [3.8, 4) is 0 Å². The van der Waals surface area contributed by atoms with E-state index in [-0.39, 0.29) is 17.8 Å². The number of benzene rings is 1. The van der Waals surface area contributed by atoms with Gasteiger partial charge in [-0.05, 0) is 37.1 Å². The zero-order valence-corrected chi connectivity index (χ0v) is 18.1. The van der Waals surface area contributed by atoms with Crippen LogP contribution in [0.2, 0.25) is 0 Å². The van der Waals surface area contributed by atoms with Crippen molar-refractivity contribution in [3.63, 3.8) is 0 Å². The second-order valence-electron chi connectivity index (χ2n) is 7.46. The molecule has 0 saturated carbocycles. The van der Waals surface area contributed by atoms with Crippen LogP contribution in [0.4, 0.5) is 0 Å². The van der Waals surface area contributed by atoms with E-state index >= 15 is 0 Å². The molecular formula is C22H36N4O2. The Labute approximate surface area is 170 Å². The number of esters is 1. The van der Waals surface area contributed by atoms with Crippen molar-refractivity contribution in [2.24, 2.45) is 16.8 Å². The minimum absolute atomic E-state index is 0.0914. The molecule has 0 radical (unpaired) electrons. The third-order valence-electron chi connectivity index (χ3n) is 5.45. The SMILES string of the molecule is CCNC(=NCc1cccc(CN(CC)CC)c1)N1CC(C)C(C(=O)OC)C1. The maximum absolute atomic E-state index is 12.0. The monoisotopic (exact) mass is 388 g/mol. The molecule has 0 amide bonds. The van der Waals surface area contributed by atoms with E-state index in [4.69, 9.17) is 9.73 Å². The van der Waals surface area contributed by atoms with Crippen LogP contribution in [0.15, 0.2) is 29.3 Å². The number of ether oxygens (including phenoxy) is 1. The number of hydrogen-bond donors (Lipinski definition) is 1. The molecule has 28 heavy (non-hydrogen) atoms. The molecule has 0 aliphatic carbocycles.